The number of benzene rings is 1. The number of halogens is 5. The number of hydrogen-bond acceptors (Lipinski definition) is 7. The van der Waals surface area contributed by atoms with Crippen LogP contribution in [0, 0.1) is 15.9 Å². The Kier molecular flexibility index (Phi) is 7.49. The molecule has 0 saturated carbocycles. The van der Waals surface area contributed by atoms with Gasteiger partial charge in [0.15, 0.2) is 11.9 Å². The van der Waals surface area contributed by atoms with Crippen LogP contribution in [0.4, 0.5) is 23.4 Å². The predicted molar refractivity (Wildman–Crippen MR) is 130 cm³/mol. The molecule has 4 aromatic rings. The monoisotopic (exact) mass is 597 g/mol. The molecule has 38 heavy (non-hydrogen) atoms. The molecule has 3 heterocycles. The second kappa shape index (κ2) is 10.5. The van der Waals surface area contributed by atoms with Crippen LogP contribution in [0.2, 0.25) is 0 Å². The lowest BCUT2D eigenvalue weighted by atomic mass is 9.97. The van der Waals surface area contributed by atoms with Gasteiger partial charge in [-0.25, -0.2) is 4.39 Å². The highest BCUT2D eigenvalue weighted by Crippen LogP contribution is 2.37. The number of alkyl halides is 3. The predicted octanol–water partition coefficient (Wildman–Crippen LogP) is 5.65. The average Bonchev–Trinajstić information content (AvgIpc) is 3.42. The van der Waals surface area contributed by atoms with E-state index in [-0.39, 0.29) is 41.2 Å². The average molecular weight is 598 g/mol. The van der Waals surface area contributed by atoms with E-state index in [0.29, 0.717) is 10.0 Å². The highest BCUT2D eigenvalue weighted by atomic mass is 79.9. The zero-order chi connectivity index (χ0) is 27.8. The number of aromatic nitrogens is 6. The molecule has 4 rings (SSSR count). The second-order valence-corrected chi connectivity index (χ2v) is 9.16. The van der Waals surface area contributed by atoms with Gasteiger partial charge in [-0.1, -0.05) is 0 Å². The number of pyridine rings is 1. The first kappa shape index (κ1) is 27.2. The minimum absolute atomic E-state index is 0.0927. The van der Waals surface area contributed by atoms with Crippen molar-refractivity contribution in [1.82, 2.24) is 29.8 Å². The van der Waals surface area contributed by atoms with Crippen molar-refractivity contribution >= 4 is 21.7 Å². The Hall–Kier alpha value is -3.88. The third kappa shape index (κ3) is 5.66. The molecular weight excluding hydrogens is 578 g/mol. The summed E-state index contributed by atoms with van der Waals surface area (Å²) in [6.07, 6.45) is -3.32. The molecule has 0 N–H and O–H groups in total. The molecular formula is C23H20BrF4N7O3. The van der Waals surface area contributed by atoms with Crippen molar-refractivity contribution in [3.63, 3.8) is 0 Å². The first-order valence-corrected chi connectivity index (χ1v) is 12.0. The highest BCUT2D eigenvalue weighted by molar-refractivity contribution is 9.10. The van der Waals surface area contributed by atoms with Crippen LogP contribution in [-0.2, 0) is 26.2 Å². The Labute approximate surface area is 221 Å². The van der Waals surface area contributed by atoms with Gasteiger partial charge in [-0.2, -0.15) is 33.3 Å². The first-order valence-electron chi connectivity index (χ1n) is 11.2. The molecule has 3 aromatic heterocycles. The van der Waals surface area contributed by atoms with Crippen molar-refractivity contribution in [3.05, 3.63) is 79.6 Å². The van der Waals surface area contributed by atoms with Gasteiger partial charge in [-0.15, -0.1) is 0 Å². The lowest BCUT2D eigenvalue weighted by molar-refractivity contribution is -0.390. The fourth-order valence-electron chi connectivity index (χ4n) is 3.93. The van der Waals surface area contributed by atoms with Crippen LogP contribution in [-0.4, -0.2) is 34.7 Å². The SMILES string of the molecule is CCn1cc(Cc2nn(C)nc2-c2ccc(F)cc2[C@@H](C)Oc2cc(Br)cnc2[N+](=O)[O-])c(C(F)(F)F)n1. The Morgan fingerprint density at radius 2 is 1.95 bits per heavy atom. The van der Waals surface area contributed by atoms with Gasteiger partial charge in [-0.3, -0.25) is 4.68 Å². The number of nitro groups is 1. The van der Waals surface area contributed by atoms with Crippen molar-refractivity contribution in [2.75, 3.05) is 0 Å². The van der Waals surface area contributed by atoms with Crippen LogP contribution in [0.1, 0.15) is 42.5 Å². The minimum atomic E-state index is -4.67. The fraction of sp³-hybridized carbons (Fsp3) is 0.304. The summed E-state index contributed by atoms with van der Waals surface area (Å²) in [6, 6.07) is 5.11. The summed E-state index contributed by atoms with van der Waals surface area (Å²) in [7, 11) is 1.51. The number of ether oxygens (including phenoxy) is 1. The zero-order valence-corrected chi connectivity index (χ0v) is 21.8. The van der Waals surface area contributed by atoms with E-state index in [4.69, 9.17) is 4.74 Å². The molecule has 0 aliphatic carbocycles. The smallest absolute Gasteiger partial charge is 0.435 e. The van der Waals surface area contributed by atoms with Gasteiger partial charge in [0.1, 0.15) is 17.6 Å². The molecule has 1 aromatic carbocycles. The molecule has 15 heteroatoms. The molecule has 0 amide bonds. The van der Waals surface area contributed by atoms with Gasteiger partial charge < -0.3 is 14.9 Å². The highest BCUT2D eigenvalue weighted by Gasteiger charge is 2.37. The van der Waals surface area contributed by atoms with Gasteiger partial charge in [0.25, 0.3) is 0 Å². The van der Waals surface area contributed by atoms with Gasteiger partial charge in [-0.05, 0) is 57.9 Å². The second-order valence-electron chi connectivity index (χ2n) is 8.24. The normalized spacial score (nSPS) is 12.5. The van der Waals surface area contributed by atoms with Crippen LogP contribution in [0.3, 0.4) is 0 Å². The Morgan fingerprint density at radius 1 is 1.21 bits per heavy atom. The van der Waals surface area contributed by atoms with Crippen molar-refractivity contribution in [3.8, 4) is 17.0 Å². The summed E-state index contributed by atoms with van der Waals surface area (Å²) in [5, 5.41) is 23.6. The Balaban J connectivity index is 1.77. The van der Waals surface area contributed by atoms with Crippen molar-refractivity contribution in [2.24, 2.45) is 7.05 Å². The summed E-state index contributed by atoms with van der Waals surface area (Å²) in [5.41, 5.74) is -0.127. The molecule has 0 bridgehead atoms. The molecule has 0 radical (unpaired) electrons. The van der Waals surface area contributed by atoms with Crippen molar-refractivity contribution < 1.29 is 27.2 Å². The Morgan fingerprint density at radius 3 is 2.61 bits per heavy atom. The van der Waals surface area contributed by atoms with Crippen LogP contribution < -0.4 is 4.74 Å². The van der Waals surface area contributed by atoms with Crippen molar-refractivity contribution in [1.29, 1.82) is 0 Å². The number of hydrogen-bond donors (Lipinski definition) is 0. The number of aryl methyl sites for hydroxylation is 2. The van der Waals surface area contributed by atoms with E-state index < -0.39 is 34.5 Å². The molecule has 0 fully saturated rings. The van der Waals surface area contributed by atoms with Crippen LogP contribution in [0.5, 0.6) is 5.75 Å². The lowest BCUT2D eigenvalue weighted by Crippen LogP contribution is -2.11. The summed E-state index contributed by atoms with van der Waals surface area (Å²) >= 11 is 3.19. The maximum absolute atomic E-state index is 14.4. The van der Waals surface area contributed by atoms with E-state index >= 15 is 0 Å². The minimum Gasteiger partial charge on any atom is -0.478 e. The quantitative estimate of drug-likeness (QED) is 0.146. The molecule has 200 valence electrons. The fourth-order valence-corrected chi connectivity index (χ4v) is 4.24. The molecule has 1 atom stereocenters. The van der Waals surface area contributed by atoms with Gasteiger partial charge >= 0.3 is 12.0 Å². The topological polar surface area (TPSA) is 114 Å². The summed E-state index contributed by atoms with van der Waals surface area (Å²) < 4.78 is 62.7. The molecule has 0 saturated heterocycles. The third-order valence-electron chi connectivity index (χ3n) is 5.55. The number of nitrogens with zero attached hydrogens (tertiary/aromatic N) is 7. The van der Waals surface area contributed by atoms with E-state index in [1.165, 1.54) is 53.2 Å². The van der Waals surface area contributed by atoms with Crippen LogP contribution >= 0.6 is 15.9 Å². The number of rotatable bonds is 8. The Bertz CT molecular complexity index is 1500. The van der Waals surface area contributed by atoms with E-state index in [0.717, 1.165) is 0 Å². The summed E-state index contributed by atoms with van der Waals surface area (Å²) in [6.45, 7) is 3.46. The molecule has 10 nitrogen and oxygen atoms in total. The summed E-state index contributed by atoms with van der Waals surface area (Å²) in [5.74, 6) is -1.31. The van der Waals surface area contributed by atoms with E-state index in [1.54, 1.807) is 13.8 Å². The summed E-state index contributed by atoms with van der Waals surface area (Å²) in [4.78, 5) is 15.7. The standard InChI is InChI=1S/C23H20BrF4N7O3/c1-4-34-11-13(21(32-34)23(26,27)28)7-18-20(31-33(3)30-18)16-6-5-15(25)9-17(16)12(2)38-19-8-14(24)10-29-22(19)35(36)37/h5-6,8-12H,4,7H2,1-3H3/t12-/m1/s1. The molecule has 0 aliphatic rings. The van der Waals surface area contributed by atoms with Gasteiger partial charge in [0.05, 0.1) is 10.2 Å². The first-order chi connectivity index (χ1) is 17.9. The van der Waals surface area contributed by atoms with E-state index in [9.17, 15) is 27.7 Å². The molecule has 0 spiro atoms. The molecule has 0 aliphatic heterocycles. The van der Waals surface area contributed by atoms with Crippen LogP contribution in [0.15, 0.2) is 41.1 Å². The van der Waals surface area contributed by atoms with Gasteiger partial charge in [0, 0.05) is 49.0 Å². The van der Waals surface area contributed by atoms with Crippen molar-refractivity contribution in [2.45, 2.75) is 39.1 Å². The van der Waals surface area contributed by atoms with E-state index in [2.05, 4.69) is 36.2 Å². The maximum Gasteiger partial charge on any atom is 0.435 e. The largest absolute Gasteiger partial charge is 0.478 e. The third-order valence-corrected chi connectivity index (χ3v) is 5.99. The molecule has 0 unspecified atom stereocenters. The lowest BCUT2D eigenvalue weighted by Gasteiger charge is -2.18. The zero-order valence-electron chi connectivity index (χ0n) is 20.2. The van der Waals surface area contributed by atoms with E-state index in [1.807, 2.05) is 0 Å². The van der Waals surface area contributed by atoms with Gasteiger partial charge in [0.2, 0.25) is 5.75 Å². The maximum atomic E-state index is 14.4. The van der Waals surface area contributed by atoms with Crippen LogP contribution in [0.25, 0.3) is 11.3 Å².